The van der Waals surface area contributed by atoms with Crippen molar-refractivity contribution in [1.29, 1.82) is 0 Å². The zero-order valence-electron chi connectivity index (χ0n) is 23.8. The molecule has 11 heteroatoms. The highest BCUT2D eigenvalue weighted by Gasteiger charge is 2.24. The quantitative estimate of drug-likeness (QED) is 0.289. The summed E-state index contributed by atoms with van der Waals surface area (Å²) >= 11 is 1.75. The van der Waals surface area contributed by atoms with Crippen molar-refractivity contribution in [2.24, 2.45) is 0 Å². The van der Waals surface area contributed by atoms with Gasteiger partial charge in [0.05, 0.1) is 15.1 Å². The fourth-order valence-corrected chi connectivity index (χ4v) is 7.33. The summed E-state index contributed by atoms with van der Waals surface area (Å²) in [6, 6.07) is 12.7. The van der Waals surface area contributed by atoms with Crippen LogP contribution < -0.4 is 10.2 Å². The summed E-state index contributed by atoms with van der Waals surface area (Å²) in [6.45, 7) is 12.3. The van der Waals surface area contributed by atoms with E-state index < -0.39 is 10.0 Å². The highest BCUT2D eigenvalue weighted by Crippen LogP contribution is 2.30. The maximum atomic E-state index is 13.2. The number of carbonyl (C=O) groups excluding carboxylic acids is 1. The Morgan fingerprint density at radius 1 is 1.00 bits per heavy atom. The lowest BCUT2D eigenvalue weighted by Gasteiger charge is -2.34. The lowest BCUT2D eigenvalue weighted by molar-refractivity contribution is 0.0947. The molecule has 0 atom stereocenters. The number of sulfonamides is 1. The second-order valence-corrected chi connectivity index (χ2v) is 13.1. The number of unbranched alkanes of at least 4 members (excludes halogenated alkanes) is 2. The molecule has 2 heterocycles. The van der Waals surface area contributed by atoms with E-state index in [9.17, 15) is 13.2 Å². The van der Waals surface area contributed by atoms with Crippen LogP contribution in [0.5, 0.6) is 0 Å². The Morgan fingerprint density at radius 3 is 2.27 bits per heavy atom. The normalized spacial score (nSPS) is 14.4. The van der Waals surface area contributed by atoms with Gasteiger partial charge in [-0.15, -0.1) is 12.4 Å². The average molecular weight is 608 g/mol. The number of hydrogen-bond donors (Lipinski definition) is 1. The summed E-state index contributed by atoms with van der Waals surface area (Å²) in [6.07, 6.45) is 3.55. The van der Waals surface area contributed by atoms with Gasteiger partial charge in [0, 0.05) is 57.9 Å². The second kappa shape index (κ2) is 15.1. The van der Waals surface area contributed by atoms with Crippen LogP contribution >= 0.6 is 23.7 Å². The van der Waals surface area contributed by atoms with Gasteiger partial charge < -0.3 is 10.2 Å². The van der Waals surface area contributed by atoms with E-state index in [1.54, 1.807) is 39.9 Å². The van der Waals surface area contributed by atoms with Gasteiger partial charge in [-0.2, -0.15) is 4.31 Å². The van der Waals surface area contributed by atoms with Crippen molar-refractivity contribution in [3.63, 3.8) is 0 Å². The molecule has 1 aliphatic rings. The van der Waals surface area contributed by atoms with Crippen LogP contribution in [0.1, 0.15) is 55.5 Å². The van der Waals surface area contributed by atoms with E-state index in [0.29, 0.717) is 25.2 Å². The lowest BCUT2D eigenvalue weighted by Crippen LogP contribution is -2.48. The van der Waals surface area contributed by atoms with E-state index >= 15 is 0 Å². The number of nitrogens with zero attached hydrogens (tertiary/aromatic N) is 4. The predicted molar refractivity (Wildman–Crippen MR) is 168 cm³/mol. The van der Waals surface area contributed by atoms with E-state index in [1.165, 1.54) is 10.3 Å². The zero-order chi connectivity index (χ0) is 27.8. The van der Waals surface area contributed by atoms with Crippen LogP contribution in [0.15, 0.2) is 47.4 Å². The number of anilines is 1. The monoisotopic (exact) mass is 607 g/mol. The Hall–Kier alpha value is -2.24. The van der Waals surface area contributed by atoms with E-state index in [2.05, 4.69) is 54.1 Å². The van der Waals surface area contributed by atoms with E-state index in [4.69, 9.17) is 4.98 Å². The first-order chi connectivity index (χ1) is 18.8. The van der Waals surface area contributed by atoms with Crippen LogP contribution in [-0.4, -0.2) is 80.9 Å². The Balaban J connectivity index is 0.00000441. The molecule has 1 fully saturated rings. The molecule has 0 saturated carbocycles. The third kappa shape index (κ3) is 8.16. The first-order valence-electron chi connectivity index (χ1n) is 14.0. The van der Waals surface area contributed by atoms with E-state index in [0.717, 1.165) is 69.1 Å². The summed E-state index contributed by atoms with van der Waals surface area (Å²) in [5.41, 5.74) is 2.78. The highest BCUT2D eigenvalue weighted by molar-refractivity contribution is 7.89. The van der Waals surface area contributed by atoms with Crippen molar-refractivity contribution in [3.8, 4) is 0 Å². The molecule has 1 aromatic heterocycles. The summed E-state index contributed by atoms with van der Waals surface area (Å²) in [5, 5.41) is 4.06. The van der Waals surface area contributed by atoms with Crippen molar-refractivity contribution < 1.29 is 13.2 Å². The van der Waals surface area contributed by atoms with Gasteiger partial charge in [-0.3, -0.25) is 9.69 Å². The van der Waals surface area contributed by atoms with Crippen LogP contribution in [0, 0.1) is 6.92 Å². The number of aromatic nitrogens is 1. The van der Waals surface area contributed by atoms with Crippen molar-refractivity contribution in [2.75, 3.05) is 57.3 Å². The van der Waals surface area contributed by atoms with Gasteiger partial charge in [0.25, 0.3) is 5.91 Å². The second-order valence-electron chi connectivity index (χ2n) is 10.2. The number of fused-ring (bicyclic) bond motifs is 1. The first-order valence-corrected chi connectivity index (χ1v) is 16.3. The smallest absolute Gasteiger partial charge is 0.251 e. The Bertz CT molecular complexity index is 1330. The molecule has 0 bridgehead atoms. The fraction of sp³-hybridized carbons (Fsp3) is 0.517. The Kier molecular flexibility index (Phi) is 12.2. The van der Waals surface area contributed by atoms with Crippen LogP contribution in [0.2, 0.25) is 0 Å². The largest absolute Gasteiger partial charge is 0.351 e. The number of hydrogen-bond acceptors (Lipinski definition) is 7. The molecule has 0 spiro atoms. The maximum absolute atomic E-state index is 13.2. The maximum Gasteiger partial charge on any atom is 0.251 e. The molecule has 0 radical (unpaired) electrons. The molecule has 1 N–H and O–H groups in total. The average Bonchev–Trinajstić information content (AvgIpc) is 3.36. The zero-order valence-corrected chi connectivity index (χ0v) is 26.2. The number of halogens is 1. The molecule has 3 aromatic rings. The van der Waals surface area contributed by atoms with Crippen LogP contribution in [-0.2, 0) is 10.0 Å². The van der Waals surface area contributed by atoms with Crippen molar-refractivity contribution in [1.82, 2.24) is 19.5 Å². The number of aryl methyl sites for hydroxylation is 1. The number of nitrogens with one attached hydrogen (secondary N) is 1. The number of piperazine rings is 1. The third-order valence-electron chi connectivity index (χ3n) is 7.17. The molecule has 8 nitrogen and oxygen atoms in total. The number of thiazole rings is 1. The van der Waals surface area contributed by atoms with Crippen LogP contribution in [0.25, 0.3) is 10.2 Å². The number of benzene rings is 2. The molecule has 0 unspecified atom stereocenters. The van der Waals surface area contributed by atoms with Gasteiger partial charge in [-0.25, -0.2) is 13.4 Å². The van der Waals surface area contributed by atoms with Crippen LogP contribution in [0.4, 0.5) is 5.13 Å². The molecule has 1 saturated heterocycles. The summed E-state index contributed by atoms with van der Waals surface area (Å²) in [7, 11) is -3.57. The summed E-state index contributed by atoms with van der Waals surface area (Å²) in [4.78, 5) is 22.5. The minimum Gasteiger partial charge on any atom is -0.351 e. The SMILES string of the molecule is CCCCN(CCCC)S(=O)(=O)c1ccc(C(=O)NCCN2CCN(c3nc4ccc(C)cc4s3)CC2)cc1.Cl. The first kappa shape index (κ1) is 32.3. The minimum atomic E-state index is -3.57. The topological polar surface area (TPSA) is 85.8 Å². The predicted octanol–water partition coefficient (Wildman–Crippen LogP) is 5.17. The van der Waals surface area contributed by atoms with Gasteiger partial charge in [-0.05, 0) is 61.7 Å². The number of carbonyl (C=O) groups is 1. The van der Waals surface area contributed by atoms with Gasteiger partial charge in [0.2, 0.25) is 10.0 Å². The van der Waals surface area contributed by atoms with Gasteiger partial charge in [0.1, 0.15) is 0 Å². The number of rotatable bonds is 13. The summed E-state index contributed by atoms with van der Waals surface area (Å²) < 4.78 is 29.1. The van der Waals surface area contributed by atoms with Gasteiger partial charge >= 0.3 is 0 Å². The standard InChI is InChI=1S/C29H41N5O3S2.ClH/c1-4-6-15-34(16-7-5-2)39(36,37)25-11-9-24(10-12-25)28(35)30-14-17-32-18-20-33(21-19-32)29-31-26-13-8-23(3)22-27(26)38-29;/h8-13,22H,4-7,14-21H2,1-3H3,(H,30,35);1H. The Morgan fingerprint density at radius 2 is 1.65 bits per heavy atom. The van der Waals surface area contributed by atoms with Crippen molar-refractivity contribution >= 4 is 55.0 Å². The van der Waals surface area contributed by atoms with Gasteiger partial charge in [-0.1, -0.05) is 44.1 Å². The molecule has 40 heavy (non-hydrogen) atoms. The Labute approximate surface area is 249 Å². The molecule has 0 aliphatic carbocycles. The molecule has 220 valence electrons. The molecule has 1 amide bonds. The van der Waals surface area contributed by atoms with Gasteiger partial charge in [0.15, 0.2) is 5.13 Å². The lowest BCUT2D eigenvalue weighted by atomic mass is 10.2. The van der Waals surface area contributed by atoms with Crippen molar-refractivity contribution in [3.05, 3.63) is 53.6 Å². The van der Waals surface area contributed by atoms with E-state index in [1.807, 2.05) is 0 Å². The molecular formula is C29H42ClN5O3S2. The van der Waals surface area contributed by atoms with Crippen molar-refractivity contribution in [2.45, 2.75) is 51.3 Å². The molecule has 2 aromatic carbocycles. The van der Waals surface area contributed by atoms with E-state index in [-0.39, 0.29) is 23.2 Å². The number of amides is 1. The minimum absolute atomic E-state index is 0. The molecular weight excluding hydrogens is 566 g/mol. The summed E-state index contributed by atoms with van der Waals surface area (Å²) in [5.74, 6) is -0.184. The molecule has 4 rings (SSSR count). The molecule has 1 aliphatic heterocycles. The highest BCUT2D eigenvalue weighted by atomic mass is 35.5. The van der Waals surface area contributed by atoms with Crippen LogP contribution in [0.3, 0.4) is 0 Å². The third-order valence-corrected chi connectivity index (χ3v) is 10.2. The fourth-order valence-electron chi connectivity index (χ4n) is 4.70.